The zero-order valence-electron chi connectivity index (χ0n) is 10.3. The molecule has 1 aromatic heterocycles. The van der Waals surface area contributed by atoms with E-state index in [0.29, 0.717) is 12.2 Å². The number of nitrogens with two attached hydrogens (primary N) is 1. The normalized spacial score (nSPS) is 11.4. The van der Waals surface area contributed by atoms with Crippen LogP contribution in [0.1, 0.15) is 12.0 Å². The summed E-state index contributed by atoms with van der Waals surface area (Å²) in [5, 5.41) is 6.23. The topological polar surface area (TPSA) is 101 Å². The van der Waals surface area contributed by atoms with E-state index in [4.69, 9.17) is 5.73 Å². The van der Waals surface area contributed by atoms with Crippen molar-refractivity contribution < 1.29 is 8.42 Å². The Kier molecular flexibility index (Phi) is 4.18. The minimum absolute atomic E-state index is 0.227. The first-order valence-corrected chi connectivity index (χ1v) is 7.41. The number of hydrogen-bond acceptors (Lipinski definition) is 4. The maximum atomic E-state index is 12.1. The molecule has 0 unspecified atom stereocenters. The average molecular weight is 280 g/mol. The Hall–Kier alpha value is -1.86. The van der Waals surface area contributed by atoms with Gasteiger partial charge in [-0.15, -0.1) is 0 Å². The number of nitrogens with zero attached hydrogens (tertiary/aromatic N) is 1. The van der Waals surface area contributed by atoms with Crippen molar-refractivity contribution in [3.63, 3.8) is 0 Å². The molecule has 1 aromatic carbocycles. The summed E-state index contributed by atoms with van der Waals surface area (Å²) in [6, 6.07) is 6.79. The first kappa shape index (κ1) is 13.6. The van der Waals surface area contributed by atoms with Crippen molar-refractivity contribution in [1.29, 1.82) is 0 Å². The van der Waals surface area contributed by atoms with E-state index in [1.54, 1.807) is 24.3 Å². The van der Waals surface area contributed by atoms with Crippen molar-refractivity contribution in [3.05, 3.63) is 42.2 Å². The zero-order valence-corrected chi connectivity index (χ0v) is 11.2. The predicted molar refractivity (Wildman–Crippen MR) is 73.2 cm³/mol. The van der Waals surface area contributed by atoms with Gasteiger partial charge in [0.1, 0.15) is 0 Å². The Morgan fingerprint density at radius 3 is 2.58 bits per heavy atom. The first-order valence-electron chi connectivity index (χ1n) is 5.92. The van der Waals surface area contributed by atoms with Crippen LogP contribution in [-0.2, 0) is 16.4 Å². The highest BCUT2D eigenvalue weighted by molar-refractivity contribution is 7.92. The van der Waals surface area contributed by atoms with Crippen molar-refractivity contribution in [2.24, 2.45) is 5.73 Å². The molecule has 4 N–H and O–H groups in total. The van der Waals surface area contributed by atoms with Gasteiger partial charge in [0, 0.05) is 6.20 Å². The molecule has 0 aliphatic rings. The Labute approximate surface area is 112 Å². The molecule has 2 rings (SSSR count). The van der Waals surface area contributed by atoms with E-state index in [1.807, 2.05) is 0 Å². The van der Waals surface area contributed by atoms with Crippen molar-refractivity contribution in [1.82, 2.24) is 10.2 Å². The summed E-state index contributed by atoms with van der Waals surface area (Å²) >= 11 is 0. The smallest absolute Gasteiger partial charge is 0.261 e. The summed E-state index contributed by atoms with van der Waals surface area (Å²) in [7, 11) is -3.56. The van der Waals surface area contributed by atoms with E-state index in [9.17, 15) is 8.42 Å². The monoisotopic (exact) mass is 280 g/mol. The molecule has 6 nitrogen and oxygen atoms in total. The molecule has 0 bridgehead atoms. The van der Waals surface area contributed by atoms with E-state index in [1.165, 1.54) is 12.4 Å². The van der Waals surface area contributed by atoms with E-state index in [0.717, 1.165) is 18.4 Å². The molecule has 2 aromatic rings. The van der Waals surface area contributed by atoms with Gasteiger partial charge in [0.05, 0.1) is 16.8 Å². The van der Waals surface area contributed by atoms with Crippen LogP contribution in [0.4, 0.5) is 5.69 Å². The summed E-state index contributed by atoms with van der Waals surface area (Å²) in [4.78, 5) is 0.227. The van der Waals surface area contributed by atoms with Gasteiger partial charge in [-0.05, 0) is 37.1 Å². The van der Waals surface area contributed by atoms with Gasteiger partial charge in [0.2, 0.25) is 0 Å². The molecule has 0 amide bonds. The molecule has 0 saturated heterocycles. The summed E-state index contributed by atoms with van der Waals surface area (Å²) in [6.07, 6.45) is 4.63. The van der Waals surface area contributed by atoms with Crippen LogP contribution in [0, 0.1) is 0 Å². The van der Waals surface area contributed by atoms with Crippen molar-refractivity contribution >= 4 is 15.7 Å². The lowest BCUT2D eigenvalue weighted by Gasteiger charge is -2.06. The molecule has 7 heteroatoms. The number of rotatable bonds is 6. The number of aromatic amines is 1. The maximum absolute atomic E-state index is 12.1. The number of aromatic nitrogens is 2. The van der Waals surface area contributed by atoms with Gasteiger partial charge in [-0.2, -0.15) is 5.10 Å². The van der Waals surface area contributed by atoms with E-state index in [-0.39, 0.29) is 4.90 Å². The molecule has 102 valence electrons. The lowest BCUT2D eigenvalue weighted by atomic mass is 10.1. The third-order valence-electron chi connectivity index (χ3n) is 2.65. The van der Waals surface area contributed by atoms with Crippen molar-refractivity contribution in [2.45, 2.75) is 17.7 Å². The number of anilines is 1. The number of aryl methyl sites for hydroxylation is 1. The van der Waals surface area contributed by atoms with E-state index >= 15 is 0 Å². The van der Waals surface area contributed by atoms with Crippen molar-refractivity contribution in [2.75, 3.05) is 11.3 Å². The Bertz CT molecular complexity index is 606. The highest BCUT2D eigenvalue weighted by Crippen LogP contribution is 2.15. The van der Waals surface area contributed by atoms with Crippen LogP contribution in [0.5, 0.6) is 0 Å². The lowest BCUT2D eigenvalue weighted by molar-refractivity contribution is 0.601. The molecule has 0 spiro atoms. The van der Waals surface area contributed by atoms with Gasteiger partial charge in [0.25, 0.3) is 10.0 Å². The number of nitrogens with one attached hydrogen (secondary N) is 2. The van der Waals surface area contributed by atoms with Crippen LogP contribution in [0.15, 0.2) is 41.6 Å². The lowest BCUT2D eigenvalue weighted by Crippen LogP contribution is -2.12. The predicted octanol–water partition coefficient (Wildman–Crippen LogP) is 1.10. The van der Waals surface area contributed by atoms with Crippen LogP contribution < -0.4 is 10.5 Å². The number of sulfonamides is 1. The van der Waals surface area contributed by atoms with Crippen molar-refractivity contribution in [3.8, 4) is 0 Å². The Balaban J connectivity index is 2.12. The summed E-state index contributed by atoms with van der Waals surface area (Å²) in [5.41, 5.74) is 6.92. The third-order valence-corrected chi connectivity index (χ3v) is 4.05. The standard InChI is InChI=1S/C12H16N4O2S/c13-7-1-2-10-3-5-12(6-4-10)19(17,18)16-11-8-14-15-9-11/h3-6,8-9,16H,1-2,7,13H2,(H,14,15). The molecule has 0 aliphatic carbocycles. The summed E-state index contributed by atoms with van der Waals surface area (Å²) < 4.78 is 26.5. The highest BCUT2D eigenvalue weighted by atomic mass is 32.2. The number of benzene rings is 1. The minimum Gasteiger partial charge on any atom is -0.330 e. The molecule has 0 aliphatic heterocycles. The second-order valence-electron chi connectivity index (χ2n) is 4.13. The minimum atomic E-state index is -3.56. The second kappa shape index (κ2) is 5.85. The van der Waals surface area contributed by atoms with Crippen LogP contribution in [0.3, 0.4) is 0 Å². The van der Waals surface area contributed by atoms with Crippen LogP contribution >= 0.6 is 0 Å². The first-order chi connectivity index (χ1) is 9.12. The van der Waals surface area contributed by atoms with Crippen LogP contribution in [-0.4, -0.2) is 25.2 Å². The molecule has 0 saturated carbocycles. The SMILES string of the molecule is NCCCc1ccc(S(=O)(=O)Nc2cn[nH]c2)cc1. The molecule has 19 heavy (non-hydrogen) atoms. The quantitative estimate of drug-likeness (QED) is 0.737. The summed E-state index contributed by atoms with van der Waals surface area (Å²) in [6.45, 7) is 0.627. The third kappa shape index (κ3) is 3.55. The largest absolute Gasteiger partial charge is 0.330 e. The van der Waals surface area contributed by atoms with E-state index in [2.05, 4.69) is 14.9 Å². The van der Waals surface area contributed by atoms with E-state index < -0.39 is 10.0 Å². The van der Waals surface area contributed by atoms with Gasteiger partial charge in [0.15, 0.2) is 0 Å². The Morgan fingerprint density at radius 1 is 1.26 bits per heavy atom. The fraction of sp³-hybridized carbons (Fsp3) is 0.250. The van der Waals surface area contributed by atoms with Gasteiger partial charge < -0.3 is 5.73 Å². The summed E-state index contributed by atoms with van der Waals surface area (Å²) in [5.74, 6) is 0. The molecule has 1 heterocycles. The van der Waals surface area contributed by atoms with Gasteiger partial charge >= 0.3 is 0 Å². The number of hydrogen-bond donors (Lipinski definition) is 3. The second-order valence-corrected chi connectivity index (χ2v) is 5.81. The highest BCUT2D eigenvalue weighted by Gasteiger charge is 2.14. The van der Waals surface area contributed by atoms with Crippen LogP contribution in [0.25, 0.3) is 0 Å². The fourth-order valence-electron chi connectivity index (χ4n) is 1.66. The number of H-pyrrole nitrogens is 1. The maximum Gasteiger partial charge on any atom is 0.261 e. The van der Waals surface area contributed by atoms with Gasteiger partial charge in [-0.3, -0.25) is 9.82 Å². The molecule has 0 fully saturated rings. The van der Waals surface area contributed by atoms with Crippen LogP contribution in [0.2, 0.25) is 0 Å². The van der Waals surface area contributed by atoms with Gasteiger partial charge in [-0.25, -0.2) is 8.42 Å². The van der Waals surface area contributed by atoms with Gasteiger partial charge in [-0.1, -0.05) is 12.1 Å². The molecule has 0 atom stereocenters. The molecular weight excluding hydrogens is 264 g/mol. The Morgan fingerprint density at radius 2 is 2.00 bits per heavy atom. The molecule has 0 radical (unpaired) electrons. The molecular formula is C12H16N4O2S. The zero-order chi connectivity index (χ0) is 13.7. The fourth-order valence-corrected chi connectivity index (χ4v) is 2.70. The average Bonchev–Trinajstić information content (AvgIpc) is 2.89.